The van der Waals surface area contributed by atoms with E-state index in [9.17, 15) is 9.18 Å². The Morgan fingerprint density at radius 2 is 1.78 bits per heavy atom. The minimum absolute atomic E-state index is 0.00942. The quantitative estimate of drug-likeness (QED) is 0.533. The van der Waals surface area contributed by atoms with Gasteiger partial charge in [-0.25, -0.2) is 4.39 Å². The van der Waals surface area contributed by atoms with Crippen molar-refractivity contribution in [2.75, 3.05) is 32.2 Å². The predicted molar refractivity (Wildman–Crippen MR) is 120 cm³/mol. The van der Waals surface area contributed by atoms with E-state index in [2.05, 4.69) is 4.90 Å². The number of rotatable bonds is 7. The lowest BCUT2D eigenvalue weighted by molar-refractivity contribution is 0.0931. The monoisotopic (exact) mass is 438 g/mol. The summed E-state index contributed by atoms with van der Waals surface area (Å²) in [6, 6.07) is 15.5. The molecule has 0 radical (unpaired) electrons. The van der Waals surface area contributed by atoms with E-state index < -0.39 is 0 Å². The first kappa shape index (κ1) is 21.9. The third-order valence-electron chi connectivity index (χ3n) is 5.84. The minimum Gasteiger partial charge on any atom is -0.493 e. The Kier molecular flexibility index (Phi) is 6.75. The molecule has 2 aromatic carbocycles. The lowest BCUT2D eigenvalue weighted by Gasteiger charge is -2.38. The fraction of sp³-hybridized carbons (Fsp3) is 0.320. The summed E-state index contributed by atoms with van der Waals surface area (Å²) >= 11 is 0. The van der Waals surface area contributed by atoms with Crippen LogP contribution in [0.15, 0.2) is 65.3 Å². The van der Waals surface area contributed by atoms with Gasteiger partial charge in [0.1, 0.15) is 5.82 Å². The zero-order valence-corrected chi connectivity index (χ0v) is 18.3. The van der Waals surface area contributed by atoms with Crippen molar-refractivity contribution in [2.24, 2.45) is 0 Å². The fourth-order valence-corrected chi connectivity index (χ4v) is 4.17. The summed E-state index contributed by atoms with van der Waals surface area (Å²) in [5.74, 6) is 1.06. The fourth-order valence-electron chi connectivity index (χ4n) is 4.17. The Balaban J connectivity index is 1.53. The lowest BCUT2D eigenvalue weighted by atomic mass is 10.0. The number of anilines is 1. The first-order chi connectivity index (χ1) is 15.6. The summed E-state index contributed by atoms with van der Waals surface area (Å²) in [6.45, 7) is 2.42. The van der Waals surface area contributed by atoms with Gasteiger partial charge in [-0.1, -0.05) is 12.1 Å². The van der Waals surface area contributed by atoms with E-state index in [-0.39, 0.29) is 17.8 Å². The first-order valence-corrected chi connectivity index (χ1v) is 10.6. The minimum atomic E-state index is -0.227. The van der Waals surface area contributed by atoms with Gasteiger partial charge in [0.2, 0.25) is 0 Å². The Hall–Kier alpha value is -3.32. The topological polar surface area (TPSA) is 55.2 Å². The maximum atomic E-state index is 13.4. The molecule has 0 spiro atoms. The number of carbonyl (C=O) groups excluding carboxylic acids is 1. The largest absolute Gasteiger partial charge is 0.493 e. The van der Waals surface area contributed by atoms with E-state index in [4.69, 9.17) is 13.9 Å². The van der Waals surface area contributed by atoms with Crippen molar-refractivity contribution in [3.63, 3.8) is 0 Å². The van der Waals surface area contributed by atoms with Crippen LogP contribution in [0.3, 0.4) is 0 Å². The van der Waals surface area contributed by atoms with Gasteiger partial charge in [0.05, 0.1) is 20.5 Å². The molecule has 1 saturated heterocycles. The molecule has 32 heavy (non-hydrogen) atoms. The van der Waals surface area contributed by atoms with E-state index in [1.165, 1.54) is 18.4 Å². The van der Waals surface area contributed by atoms with E-state index in [0.29, 0.717) is 17.3 Å². The molecule has 0 unspecified atom stereocenters. The van der Waals surface area contributed by atoms with Crippen LogP contribution in [0.1, 0.15) is 29.0 Å². The molecule has 3 aromatic rings. The van der Waals surface area contributed by atoms with Gasteiger partial charge in [-0.2, -0.15) is 0 Å². The van der Waals surface area contributed by atoms with Gasteiger partial charge in [-0.15, -0.1) is 0 Å². The van der Waals surface area contributed by atoms with Gasteiger partial charge >= 0.3 is 0 Å². The summed E-state index contributed by atoms with van der Waals surface area (Å²) in [4.78, 5) is 17.5. The molecule has 0 bridgehead atoms. The molecule has 1 aromatic heterocycles. The van der Waals surface area contributed by atoms with Crippen molar-refractivity contribution in [2.45, 2.75) is 25.4 Å². The smallest absolute Gasteiger partial charge is 0.294 e. The number of furan rings is 1. The Bertz CT molecular complexity index is 1030. The highest BCUT2D eigenvalue weighted by atomic mass is 19.1. The normalized spacial score (nSPS) is 14.8. The molecular formula is C25H27FN2O4. The molecule has 6 nitrogen and oxygen atoms in total. The summed E-state index contributed by atoms with van der Waals surface area (Å²) < 4.78 is 29.4. The van der Waals surface area contributed by atoms with Gasteiger partial charge in [-0.05, 0) is 54.8 Å². The lowest BCUT2D eigenvalue weighted by Crippen LogP contribution is -2.47. The second kappa shape index (κ2) is 9.87. The molecule has 0 saturated carbocycles. The SMILES string of the molecule is COc1ccc(N(C(=O)c2ccco2)C2CCN(Cc3ccc(F)cc3)CC2)cc1OC. The molecule has 1 amide bonds. The number of likely N-dealkylation sites (tertiary alicyclic amines) is 1. The maximum Gasteiger partial charge on any atom is 0.294 e. The van der Waals surface area contributed by atoms with Crippen LogP contribution < -0.4 is 14.4 Å². The molecule has 4 rings (SSSR count). The van der Waals surface area contributed by atoms with Crippen molar-refractivity contribution in [3.8, 4) is 11.5 Å². The molecule has 1 aliphatic rings. The van der Waals surface area contributed by atoms with Crippen LogP contribution in [0.5, 0.6) is 11.5 Å². The third kappa shape index (κ3) is 4.78. The summed E-state index contributed by atoms with van der Waals surface area (Å²) in [6.07, 6.45) is 3.12. The third-order valence-corrected chi connectivity index (χ3v) is 5.84. The first-order valence-electron chi connectivity index (χ1n) is 10.6. The summed E-state index contributed by atoms with van der Waals surface area (Å²) in [7, 11) is 3.16. The van der Waals surface area contributed by atoms with Crippen molar-refractivity contribution in [3.05, 3.63) is 78.0 Å². The van der Waals surface area contributed by atoms with Gasteiger partial charge in [0, 0.05) is 37.4 Å². The number of hydrogen-bond acceptors (Lipinski definition) is 5. The van der Waals surface area contributed by atoms with Crippen molar-refractivity contribution in [1.29, 1.82) is 0 Å². The highest BCUT2D eigenvalue weighted by Crippen LogP contribution is 2.34. The molecule has 168 valence electrons. The standard InChI is InChI=1S/C25H27FN2O4/c1-30-22-10-9-21(16-24(22)31-2)28(25(29)23-4-3-15-32-23)20-11-13-27(14-12-20)17-18-5-7-19(26)8-6-18/h3-10,15-16,20H,11-14,17H2,1-2H3. The van der Waals surface area contributed by atoms with Crippen LogP contribution in [0, 0.1) is 5.82 Å². The number of amides is 1. The number of methoxy groups -OCH3 is 2. The predicted octanol–water partition coefficient (Wildman–Crippen LogP) is 4.75. The Labute approximate surface area is 187 Å². The van der Waals surface area contributed by atoms with Crippen molar-refractivity contribution >= 4 is 11.6 Å². The van der Waals surface area contributed by atoms with Crippen LogP contribution >= 0.6 is 0 Å². The van der Waals surface area contributed by atoms with Crippen LogP contribution in [0.4, 0.5) is 10.1 Å². The molecule has 7 heteroatoms. The number of halogens is 1. The molecule has 1 aliphatic heterocycles. The Morgan fingerprint density at radius 1 is 1.06 bits per heavy atom. The van der Waals surface area contributed by atoms with E-state index in [1.807, 2.05) is 24.3 Å². The molecule has 0 atom stereocenters. The number of piperidine rings is 1. The summed E-state index contributed by atoms with van der Waals surface area (Å²) in [5.41, 5.74) is 1.81. The Morgan fingerprint density at radius 3 is 2.41 bits per heavy atom. The zero-order chi connectivity index (χ0) is 22.5. The van der Waals surface area contributed by atoms with Gasteiger partial charge < -0.3 is 18.8 Å². The van der Waals surface area contributed by atoms with Crippen LogP contribution in [0.25, 0.3) is 0 Å². The molecular weight excluding hydrogens is 411 g/mol. The summed E-state index contributed by atoms with van der Waals surface area (Å²) in [5, 5.41) is 0. The molecule has 2 heterocycles. The van der Waals surface area contributed by atoms with Gasteiger partial charge in [-0.3, -0.25) is 9.69 Å². The number of ether oxygens (including phenoxy) is 2. The maximum absolute atomic E-state index is 13.4. The van der Waals surface area contributed by atoms with Crippen LogP contribution in [0.2, 0.25) is 0 Å². The number of benzene rings is 2. The molecule has 0 N–H and O–H groups in total. The average molecular weight is 438 g/mol. The number of carbonyl (C=O) groups is 1. The second-order valence-electron chi connectivity index (χ2n) is 7.83. The average Bonchev–Trinajstić information content (AvgIpc) is 3.37. The molecule has 1 fully saturated rings. The van der Waals surface area contributed by atoms with Crippen LogP contribution in [-0.4, -0.2) is 44.2 Å². The number of nitrogens with zero attached hydrogens (tertiary/aromatic N) is 2. The van der Waals surface area contributed by atoms with Crippen molar-refractivity contribution < 1.29 is 23.1 Å². The zero-order valence-electron chi connectivity index (χ0n) is 18.3. The number of hydrogen-bond donors (Lipinski definition) is 0. The molecule has 0 aliphatic carbocycles. The van der Waals surface area contributed by atoms with E-state index in [1.54, 1.807) is 37.3 Å². The van der Waals surface area contributed by atoms with Crippen molar-refractivity contribution in [1.82, 2.24) is 4.90 Å². The van der Waals surface area contributed by atoms with Gasteiger partial charge in [0.15, 0.2) is 17.3 Å². The highest BCUT2D eigenvalue weighted by Gasteiger charge is 2.31. The van der Waals surface area contributed by atoms with E-state index >= 15 is 0 Å². The second-order valence-corrected chi connectivity index (χ2v) is 7.83. The van der Waals surface area contributed by atoms with E-state index in [0.717, 1.165) is 43.7 Å². The van der Waals surface area contributed by atoms with Gasteiger partial charge in [0.25, 0.3) is 5.91 Å². The highest BCUT2D eigenvalue weighted by molar-refractivity contribution is 6.04. The van der Waals surface area contributed by atoms with Crippen LogP contribution in [-0.2, 0) is 6.54 Å².